The maximum absolute atomic E-state index is 12.2. The fourth-order valence-electron chi connectivity index (χ4n) is 1.91. The van der Waals surface area contributed by atoms with Crippen molar-refractivity contribution in [2.75, 3.05) is 12.4 Å². The predicted molar refractivity (Wildman–Crippen MR) is 78.1 cm³/mol. The fourth-order valence-corrected chi connectivity index (χ4v) is 1.91. The van der Waals surface area contributed by atoms with Gasteiger partial charge in [-0.05, 0) is 18.2 Å². The van der Waals surface area contributed by atoms with E-state index in [1.807, 2.05) is 6.07 Å². The molecule has 1 aromatic heterocycles. The molecular formula is C14H14N4O3. The van der Waals surface area contributed by atoms with Crippen LogP contribution in [0, 0.1) is 10.1 Å². The monoisotopic (exact) mass is 286 g/mol. The van der Waals surface area contributed by atoms with Crippen LogP contribution in [0.1, 0.15) is 16.1 Å². The highest BCUT2D eigenvalue weighted by atomic mass is 16.6. The van der Waals surface area contributed by atoms with Gasteiger partial charge in [-0.1, -0.05) is 12.1 Å². The SMILES string of the molecule is CNc1c(C(=O)NCc2ccccn2)cccc1[N+](=O)[O-]. The van der Waals surface area contributed by atoms with Crippen LogP contribution in [0.2, 0.25) is 0 Å². The average Bonchev–Trinajstić information content (AvgIpc) is 2.52. The van der Waals surface area contributed by atoms with E-state index >= 15 is 0 Å². The van der Waals surface area contributed by atoms with E-state index in [0.717, 1.165) is 0 Å². The van der Waals surface area contributed by atoms with Crippen LogP contribution in [-0.4, -0.2) is 22.9 Å². The predicted octanol–water partition coefficient (Wildman–Crippen LogP) is 1.96. The van der Waals surface area contributed by atoms with Crippen LogP contribution in [-0.2, 0) is 6.54 Å². The summed E-state index contributed by atoms with van der Waals surface area (Å²) < 4.78 is 0. The van der Waals surface area contributed by atoms with Crippen molar-refractivity contribution in [3.05, 3.63) is 64.0 Å². The summed E-state index contributed by atoms with van der Waals surface area (Å²) in [4.78, 5) is 26.7. The Kier molecular flexibility index (Phi) is 4.45. The molecule has 7 heteroatoms. The molecule has 0 aliphatic heterocycles. The molecule has 0 aliphatic rings. The molecule has 108 valence electrons. The zero-order chi connectivity index (χ0) is 15.2. The minimum atomic E-state index is -0.526. The number of anilines is 1. The lowest BCUT2D eigenvalue weighted by Gasteiger charge is -2.10. The highest BCUT2D eigenvalue weighted by Crippen LogP contribution is 2.27. The summed E-state index contributed by atoms with van der Waals surface area (Å²) in [6, 6.07) is 9.75. The number of hydrogen-bond donors (Lipinski definition) is 2. The highest BCUT2D eigenvalue weighted by molar-refractivity contribution is 6.01. The molecule has 1 amide bonds. The number of rotatable bonds is 5. The second-order valence-electron chi connectivity index (χ2n) is 4.21. The molecule has 0 spiro atoms. The van der Waals surface area contributed by atoms with Gasteiger partial charge in [0.25, 0.3) is 11.6 Å². The van der Waals surface area contributed by atoms with Crippen molar-refractivity contribution in [3.63, 3.8) is 0 Å². The van der Waals surface area contributed by atoms with E-state index in [4.69, 9.17) is 0 Å². The van der Waals surface area contributed by atoms with Crippen LogP contribution in [0.15, 0.2) is 42.6 Å². The van der Waals surface area contributed by atoms with E-state index in [1.54, 1.807) is 18.3 Å². The topological polar surface area (TPSA) is 97.2 Å². The van der Waals surface area contributed by atoms with Gasteiger partial charge in [0.15, 0.2) is 0 Å². The molecule has 1 heterocycles. The van der Waals surface area contributed by atoms with Crippen LogP contribution in [0.4, 0.5) is 11.4 Å². The summed E-state index contributed by atoms with van der Waals surface area (Å²) in [5.74, 6) is -0.395. The van der Waals surface area contributed by atoms with Gasteiger partial charge in [-0.2, -0.15) is 0 Å². The number of carbonyl (C=O) groups is 1. The number of nitro benzene ring substituents is 1. The van der Waals surface area contributed by atoms with E-state index in [-0.39, 0.29) is 23.5 Å². The molecular weight excluding hydrogens is 272 g/mol. The van der Waals surface area contributed by atoms with Gasteiger partial charge in [0.05, 0.1) is 22.7 Å². The van der Waals surface area contributed by atoms with Gasteiger partial charge in [-0.15, -0.1) is 0 Å². The smallest absolute Gasteiger partial charge is 0.293 e. The van der Waals surface area contributed by atoms with Gasteiger partial charge in [0.1, 0.15) is 5.69 Å². The van der Waals surface area contributed by atoms with Crippen molar-refractivity contribution >= 4 is 17.3 Å². The van der Waals surface area contributed by atoms with E-state index in [1.165, 1.54) is 25.2 Å². The number of nitrogens with zero attached hydrogens (tertiary/aromatic N) is 2. The Morgan fingerprint density at radius 1 is 1.29 bits per heavy atom. The van der Waals surface area contributed by atoms with Crippen LogP contribution in [0.5, 0.6) is 0 Å². The maximum atomic E-state index is 12.2. The summed E-state index contributed by atoms with van der Waals surface area (Å²) in [6.07, 6.45) is 1.63. The number of aromatic nitrogens is 1. The molecule has 0 aliphatic carbocycles. The van der Waals surface area contributed by atoms with Crippen molar-refractivity contribution in [1.29, 1.82) is 0 Å². The molecule has 0 radical (unpaired) electrons. The third-order valence-electron chi connectivity index (χ3n) is 2.89. The molecule has 0 atom stereocenters. The zero-order valence-electron chi connectivity index (χ0n) is 11.4. The van der Waals surface area contributed by atoms with Crippen LogP contribution in [0.3, 0.4) is 0 Å². The molecule has 2 N–H and O–H groups in total. The molecule has 7 nitrogen and oxygen atoms in total. The Labute approximate surface area is 121 Å². The van der Waals surface area contributed by atoms with Crippen molar-refractivity contribution in [2.24, 2.45) is 0 Å². The Morgan fingerprint density at radius 3 is 2.71 bits per heavy atom. The standard InChI is InChI=1S/C14H14N4O3/c1-15-13-11(6-4-7-12(13)18(20)21)14(19)17-9-10-5-2-3-8-16-10/h2-8,15H,9H2,1H3,(H,17,19). The Hall–Kier alpha value is -2.96. The largest absolute Gasteiger partial charge is 0.382 e. The van der Waals surface area contributed by atoms with Crippen LogP contribution < -0.4 is 10.6 Å². The van der Waals surface area contributed by atoms with Gasteiger partial charge in [-0.3, -0.25) is 19.9 Å². The van der Waals surface area contributed by atoms with Crippen LogP contribution >= 0.6 is 0 Å². The lowest BCUT2D eigenvalue weighted by Crippen LogP contribution is -2.24. The molecule has 0 fully saturated rings. The molecule has 0 saturated heterocycles. The molecule has 2 rings (SSSR count). The lowest BCUT2D eigenvalue weighted by molar-refractivity contribution is -0.384. The summed E-state index contributed by atoms with van der Waals surface area (Å²) in [5, 5.41) is 16.4. The summed E-state index contributed by atoms with van der Waals surface area (Å²) in [7, 11) is 1.54. The number of pyridine rings is 1. The molecule has 0 bridgehead atoms. The molecule has 2 aromatic rings. The number of hydrogen-bond acceptors (Lipinski definition) is 5. The number of para-hydroxylation sites is 1. The first kappa shape index (κ1) is 14.4. The first-order chi connectivity index (χ1) is 10.1. The number of nitrogens with one attached hydrogen (secondary N) is 2. The third kappa shape index (κ3) is 3.33. The third-order valence-corrected chi connectivity index (χ3v) is 2.89. The second kappa shape index (κ2) is 6.47. The zero-order valence-corrected chi connectivity index (χ0v) is 11.4. The number of benzene rings is 1. The van der Waals surface area contributed by atoms with E-state index in [2.05, 4.69) is 15.6 Å². The van der Waals surface area contributed by atoms with Crippen molar-refractivity contribution in [2.45, 2.75) is 6.54 Å². The summed E-state index contributed by atoms with van der Waals surface area (Å²) >= 11 is 0. The minimum Gasteiger partial charge on any atom is -0.382 e. The number of amides is 1. The lowest BCUT2D eigenvalue weighted by atomic mass is 10.1. The van der Waals surface area contributed by atoms with Crippen molar-refractivity contribution < 1.29 is 9.72 Å². The Morgan fingerprint density at radius 2 is 2.10 bits per heavy atom. The normalized spacial score (nSPS) is 9.95. The fraction of sp³-hybridized carbons (Fsp3) is 0.143. The Bertz CT molecular complexity index is 659. The van der Waals surface area contributed by atoms with Crippen LogP contribution in [0.25, 0.3) is 0 Å². The molecule has 21 heavy (non-hydrogen) atoms. The average molecular weight is 286 g/mol. The van der Waals surface area contributed by atoms with Gasteiger partial charge >= 0.3 is 0 Å². The quantitative estimate of drug-likeness (QED) is 0.647. The van der Waals surface area contributed by atoms with E-state index < -0.39 is 10.8 Å². The number of carbonyl (C=O) groups excluding carboxylic acids is 1. The summed E-state index contributed by atoms with van der Waals surface area (Å²) in [5.41, 5.74) is 0.994. The molecule has 1 aromatic carbocycles. The maximum Gasteiger partial charge on any atom is 0.293 e. The van der Waals surface area contributed by atoms with Crippen molar-refractivity contribution in [3.8, 4) is 0 Å². The first-order valence-corrected chi connectivity index (χ1v) is 6.26. The highest BCUT2D eigenvalue weighted by Gasteiger charge is 2.20. The molecule has 0 saturated carbocycles. The van der Waals surface area contributed by atoms with Gasteiger partial charge < -0.3 is 10.6 Å². The van der Waals surface area contributed by atoms with E-state index in [0.29, 0.717) is 5.69 Å². The van der Waals surface area contributed by atoms with Gasteiger partial charge in [-0.25, -0.2) is 0 Å². The van der Waals surface area contributed by atoms with Crippen molar-refractivity contribution in [1.82, 2.24) is 10.3 Å². The molecule has 0 unspecified atom stereocenters. The minimum absolute atomic E-state index is 0.136. The van der Waals surface area contributed by atoms with E-state index in [9.17, 15) is 14.9 Å². The second-order valence-corrected chi connectivity index (χ2v) is 4.21. The number of nitro groups is 1. The van der Waals surface area contributed by atoms with Gasteiger partial charge in [0.2, 0.25) is 0 Å². The van der Waals surface area contributed by atoms with Gasteiger partial charge in [0, 0.05) is 19.3 Å². The Balaban J connectivity index is 2.19. The first-order valence-electron chi connectivity index (χ1n) is 6.26. The summed E-state index contributed by atoms with van der Waals surface area (Å²) in [6.45, 7) is 0.255.